The number of rotatable bonds is 7. The first-order chi connectivity index (χ1) is 9.82. The Morgan fingerprint density at radius 3 is 2.29 bits per heavy atom. The molecule has 0 aliphatic rings. The lowest BCUT2D eigenvalue weighted by atomic mass is 10.1. The van der Waals surface area contributed by atoms with Crippen LogP contribution in [0.15, 0.2) is 16.6 Å². The van der Waals surface area contributed by atoms with Gasteiger partial charge < -0.3 is 19.5 Å². The Kier molecular flexibility index (Phi) is 6.76. The molecule has 1 aromatic rings. The molecule has 1 rings (SSSR count). The summed E-state index contributed by atoms with van der Waals surface area (Å²) in [5, 5.41) is 2.91. The van der Waals surface area contributed by atoms with E-state index in [1.54, 1.807) is 19.2 Å². The first-order valence-corrected chi connectivity index (χ1v) is 6.84. The van der Waals surface area contributed by atoms with E-state index in [1.165, 1.54) is 14.2 Å². The highest BCUT2D eigenvalue weighted by Crippen LogP contribution is 2.36. The van der Waals surface area contributed by atoms with Crippen LogP contribution in [0.3, 0.4) is 0 Å². The number of alkyl halides is 3. The van der Waals surface area contributed by atoms with Crippen molar-refractivity contribution in [2.24, 2.45) is 0 Å². The molecule has 0 aliphatic heterocycles. The SMILES string of the molecule is CNC(COCC(F)(F)F)c1cc(OC)c(Br)cc1OC. The summed E-state index contributed by atoms with van der Waals surface area (Å²) < 4.78 is 52.2. The summed E-state index contributed by atoms with van der Waals surface area (Å²) in [6.45, 7) is -1.43. The average molecular weight is 372 g/mol. The minimum absolute atomic E-state index is 0.142. The molecule has 120 valence electrons. The highest BCUT2D eigenvalue weighted by Gasteiger charge is 2.28. The number of methoxy groups -OCH3 is 2. The lowest BCUT2D eigenvalue weighted by Crippen LogP contribution is -2.26. The summed E-state index contributed by atoms with van der Waals surface area (Å²) in [6.07, 6.45) is -4.35. The average Bonchev–Trinajstić information content (AvgIpc) is 2.42. The van der Waals surface area contributed by atoms with Gasteiger partial charge in [-0.3, -0.25) is 0 Å². The predicted octanol–water partition coefficient (Wildman–Crippen LogP) is 3.31. The Bertz CT molecular complexity index is 469. The normalized spacial score (nSPS) is 13.1. The van der Waals surface area contributed by atoms with Crippen molar-refractivity contribution < 1.29 is 27.4 Å². The molecule has 21 heavy (non-hydrogen) atoms. The van der Waals surface area contributed by atoms with E-state index in [-0.39, 0.29) is 6.61 Å². The molecule has 0 aromatic heterocycles. The number of hydrogen-bond acceptors (Lipinski definition) is 4. The van der Waals surface area contributed by atoms with Crippen LogP contribution < -0.4 is 14.8 Å². The van der Waals surface area contributed by atoms with Crippen LogP contribution in [0.5, 0.6) is 11.5 Å². The van der Waals surface area contributed by atoms with Gasteiger partial charge in [-0.25, -0.2) is 0 Å². The third-order valence-electron chi connectivity index (χ3n) is 2.78. The molecule has 1 N–H and O–H groups in total. The van der Waals surface area contributed by atoms with Crippen molar-refractivity contribution in [1.29, 1.82) is 0 Å². The van der Waals surface area contributed by atoms with Crippen LogP contribution in [0.4, 0.5) is 13.2 Å². The van der Waals surface area contributed by atoms with Crippen LogP contribution in [-0.4, -0.2) is 40.7 Å². The number of likely N-dealkylation sites (N-methyl/N-ethyl adjacent to an activating group) is 1. The maximum absolute atomic E-state index is 12.1. The van der Waals surface area contributed by atoms with Gasteiger partial charge in [0, 0.05) is 5.56 Å². The molecule has 0 amide bonds. The molecular weight excluding hydrogens is 355 g/mol. The van der Waals surface area contributed by atoms with E-state index in [9.17, 15) is 13.2 Å². The molecule has 0 saturated carbocycles. The zero-order chi connectivity index (χ0) is 16.0. The fourth-order valence-electron chi connectivity index (χ4n) is 1.78. The topological polar surface area (TPSA) is 39.7 Å². The summed E-state index contributed by atoms with van der Waals surface area (Å²) in [5.41, 5.74) is 0.655. The Morgan fingerprint density at radius 2 is 1.81 bits per heavy atom. The molecule has 1 atom stereocenters. The number of ether oxygens (including phenoxy) is 3. The van der Waals surface area contributed by atoms with Crippen molar-refractivity contribution in [1.82, 2.24) is 5.32 Å². The van der Waals surface area contributed by atoms with Crippen molar-refractivity contribution in [2.45, 2.75) is 12.2 Å². The van der Waals surface area contributed by atoms with Gasteiger partial charge in [0.05, 0.1) is 31.3 Å². The molecule has 0 aliphatic carbocycles. The zero-order valence-electron chi connectivity index (χ0n) is 11.9. The Morgan fingerprint density at radius 1 is 1.19 bits per heavy atom. The summed E-state index contributed by atoms with van der Waals surface area (Å²) >= 11 is 3.33. The van der Waals surface area contributed by atoms with Gasteiger partial charge in [0.2, 0.25) is 0 Å². The van der Waals surface area contributed by atoms with Crippen LogP contribution in [0.2, 0.25) is 0 Å². The molecule has 1 aromatic carbocycles. The second-order valence-electron chi connectivity index (χ2n) is 4.20. The quantitative estimate of drug-likeness (QED) is 0.798. The van der Waals surface area contributed by atoms with E-state index >= 15 is 0 Å². The fourth-order valence-corrected chi connectivity index (χ4v) is 2.26. The smallest absolute Gasteiger partial charge is 0.411 e. The summed E-state index contributed by atoms with van der Waals surface area (Å²) in [4.78, 5) is 0. The maximum atomic E-state index is 12.1. The van der Waals surface area contributed by atoms with Crippen LogP contribution in [0.25, 0.3) is 0 Å². The molecule has 0 heterocycles. The molecule has 1 unspecified atom stereocenters. The Hall–Kier alpha value is -0.990. The van der Waals surface area contributed by atoms with Gasteiger partial charge >= 0.3 is 6.18 Å². The van der Waals surface area contributed by atoms with E-state index in [0.29, 0.717) is 21.5 Å². The summed E-state index contributed by atoms with van der Waals surface area (Å²) in [6, 6.07) is 2.94. The van der Waals surface area contributed by atoms with E-state index in [4.69, 9.17) is 14.2 Å². The highest BCUT2D eigenvalue weighted by molar-refractivity contribution is 9.10. The standard InChI is InChI=1S/C13H17BrF3NO3/c1-18-10(6-21-7-13(15,16)17)8-4-12(20-3)9(14)5-11(8)19-2/h4-5,10,18H,6-7H2,1-3H3. The third-order valence-corrected chi connectivity index (χ3v) is 3.40. The van der Waals surface area contributed by atoms with Crippen LogP contribution >= 0.6 is 15.9 Å². The monoisotopic (exact) mass is 371 g/mol. The zero-order valence-corrected chi connectivity index (χ0v) is 13.5. The molecular formula is C13H17BrF3NO3. The maximum Gasteiger partial charge on any atom is 0.411 e. The lowest BCUT2D eigenvalue weighted by Gasteiger charge is -2.21. The largest absolute Gasteiger partial charge is 0.496 e. The first-order valence-electron chi connectivity index (χ1n) is 6.05. The number of nitrogens with one attached hydrogen (secondary N) is 1. The Labute approximate surface area is 129 Å². The number of halogens is 4. The van der Waals surface area contributed by atoms with Gasteiger partial charge in [-0.15, -0.1) is 0 Å². The Balaban J connectivity index is 2.93. The fraction of sp³-hybridized carbons (Fsp3) is 0.538. The molecule has 4 nitrogen and oxygen atoms in total. The van der Waals surface area contributed by atoms with Gasteiger partial charge in [-0.05, 0) is 35.1 Å². The minimum atomic E-state index is -4.35. The van der Waals surface area contributed by atoms with E-state index in [2.05, 4.69) is 21.2 Å². The van der Waals surface area contributed by atoms with E-state index < -0.39 is 18.8 Å². The minimum Gasteiger partial charge on any atom is -0.496 e. The summed E-state index contributed by atoms with van der Waals surface area (Å²) in [5.74, 6) is 1.08. The van der Waals surface area contributed by atoms with Crippen molar-refractivity contribution >= 4 is 15.9 Å². The molecule has 0 radical (unpaired) electrons. The van der Waals surface area contributed by atoms with Gasteiger partial charge in [-0.1, -0.05) is 0 Å². The summed E-state index contributed by atoms with van der Waals surface area (Å²) in [7, 11) is 4.63. The highest BCUT2D eigenvalue weighted by atomic mass is 79.9. The predicted molar refractivity (Wildman–Crippen MR) is 75.9 cm³/mol. The van der Waals surface area contributed by atoms with Crippen molar-refractivity contribution in [3.63, 3.8) is 0 Å². The molecule has 0 saturated heterocycles. The number of hydrogen-bond donors (Lipinski definition) is 1. The van der Waals surface area contributed by atoms with Gasteiger partial charge in [0.25, 0.3) is 0 Å². The van der Waals surface area contributed by atoms with E-state index in [0.717, 1.165) is 0 Å². The van der Waals surface area contributed by atoms with Gasteiger partial charge in [0.1, 0.15) is 18.1 Å². The molecule has 0 bridgehead atoms. The second-order valence-corrected chi connectivity index (χ2v) is 5.05. The molecule has 0 spiro atoms. The first kappa shape index (κ1) is 18.1. The van der Waals surface area contributed by atoms with Crippen molar-refractivity contribution in [2.75, 3.05) is 34.5 Å². The van der Waals surface area contributed by atoms with Gasteiger partial charge in [0.15, 0.2) is 0 Å². The lowest BCUT2D eigenvalue weighted by molar-refractivity contribution is -0.175. The molecule has 8 heteroatoms. The number of benzene rings is 1. The van der Waals surface area contributed by atoms with Gasteiger partial charge in [-0.2, -0.15) is 13.2 Å². The van der Waals surface area contributed by atoms with E-state index in [1.807, 2.05) is 0 Å². The van der Waals surface area contributed by atoms with Crippen LogP contribution in [0.1, 0.15) is 11.6 Å². The van der Waals surface area contributed by atoms with Crippen LogP contribution in [-0.2, 0) is 4.74 Å². The van der Waals surface area contributed by atoms with Crippen LogP contribution in [0, 0.1) is 0 Å². The van der Waals surface area contributed by atoms with Crippen molar-refractivity contribution in [3.05, 3.63) is 22.2 Å². The third kappa shape index (κ3) is 5.37. The molecule has 0 fully saturated rings. The second kappa shape index (κ2) is 7.86. The van der Waals surface area contributed by atoms with Crippen molar-refractivity contribution in [3.8, 4) is 11.5 Å².